The summed E-state index contributed by atoms with van der Waals surface area (Å²) in [6.45, 7) is 4.54. The zero-order valence-corrected chi connectivity index (χ0v) is 15.1. The van der Waals surface area contributed by atoms with Crippen molar-refractivity contribution in [3.05, 3.63) is 59.9 Å². The van der Waals surface area contributed by atoms with E-state index in [2.05, 4.69) is 5.32 Å². The van der Waals surface area contributed by atoms with Gasteiger partial charge in [-0.3, -0.25) is 9.59 Å². The molecule has 1 aliphatic rings. The van der Waals surface area contributed by atoms with Crippen LogP contribution < -0.4 is 10.2 Å². The van der Waals surface area contributed by atoms with Gasteiger partial charge in [0.05, 0.1) is 5.69 Å². The summed E-state index contributed by atoms with van der Waals surface area (Å²) in [7, 11) is 0. The highest BCUT2D eigenvalue weighted by Gasteiger charge is 2.26. The van der Waals surface area contributed by atoms with Crippen LogP contribution in [0.1, 0.15) is 38.7 Å². The Morgan fingerprint density at radius 2 is 1.92 bits per heavy atom. The maximum atomic E-state index is 14.4. The van der Waals surface area contributed by atoms with E-state index >= 15 is 0 Å². The van der Waals surface area contributed by atoms with E-state index in [9.17, 15) is 14.0 Å². The van der Waals surface area contributed by atoms with Gasteiger partial charge < -0.3 is 10.2 Å². The second kappa shape index (κ2) is 7.28. The molecular formula is C21H23FN2O2. The topological polar surface area (TPSA) is 49.4 Å². The number of carbonyl (C=O) groups is 2. The molecule has 26 heavy (non-hydrogen) atoms. The summed E-state index contributed by atoms with van der Waals surface area (Å²) < 4.78 is 14.4. The third kappa shape index (κ3) is 3.93. The Balaban J connectivity index is 1.68. The van der Waals surface area contributed by atoms with Gasteiger partial charge in [-0.2, -0.15) is 0 Å². The SMILES string of the molecule is CC(C)(CC(=O)Nc1ccc(N2CCCC2=O)c(F)c1)c1ccccc1. The summed E-state index contributed by atoms with van der Waals surface area (Å²) in [6.07, 6.45) is 1.48. The lowest BCUT2D eigenvalue weighted by Gasteiger charge is -2.24. The number of hydrogen-bond donors (Lipinski definition) is 1. The molecule has 0 spiro atoms. The number of rotatable bonds is 5. The average Bonchev–Trinajstić information content (AvgIpc) is 3.01. The van der Waals surface area contributed by atoms with Gasteiger partial charge in [0.25, 0.3) is 0 Å². The van der Waals surface area contributed by atoms with Crippen LogP contribution in [0, 0.1) is 5.82 Å². The highest BCUT2D eigenvalue weighted by molar-refractivity contribution is 5.96. The lowest BCUT2D eigenvalue weighted by atomic mass is 9.81. The normalized spacial score (nSPS) is 14.6. The van der Waals surface area contributed by atoms with Crippen LogP contribution in [0.2, 0.25) is 0 Å². The average molecular weight is 354 g/mol. The molecular weight excluding hydrogens is 331 g/mol. The summed E-state index contributed by atoms with van der Waals surface area (Å²) in [5.74, 6) is -0.742. The van der Waals surface area contributed by atoms with Gasteiger partial charge >= 0.3 is 0 Å². The van der Waals surface area contributed by atoms with E-state index < -0.39 is 5.82 Å². The van der Waals surface area contributed by atoms with Crippen LogP contribution in [-0.4, -0.2) is 18.4 Å². The van der Waals surface area contributed by atoms with Gasteiger partial charge in [0.15, 0.2) is 0 Å². The fraction of sp³-hybridized carbons (Fsp3) is 0.333. The number of carbonyl (C=O) groups excluding carboxylic acids is 2. The van der Waals surface area contributed by atoms with E-state index in [1.807, 2.05) is 44.2 Å². The molecule has 1 fully saturated rings. The first-order valence-electron chi connectivity index (χ1n) is 8.82. The lowest BCUT2D eigenvalue weighted by Crippen LogP contribution is -2.26. The number of anilines is 2. The molecule has 136 valence electrons. The van der Waals surface area contributed by atoms with E-state index in [0.717, 1.165) is 12.0 Å². The molecule has 1 saturated heterocycles. The van der Waals surface area contributed by atoms with Crippen LogP contribution in [0.3, 0.4) is 0 Å². The van der Waals surface area contributed by atoms with Crippen LogP contribution in [0.25, 0.3) is 0 Å². The Morgan fingerprint density at radius 3 is 2.54 bits per heavy atom. The van der Waals surface area contributed by atoms with Crippen molar-refractivity contribution in [1.29, 1.82) is 0 Å². The van der Waals surface area contributed by atoms with Crippen molar-refractivity contribution in [3.8, 4) is 0 Å². The van der Waals surface area contributed by atoms with Crippen LogP contribution >= 0.6 is 0 Å². The van der Waals surface area contributed by atoms with Crippen molar-refractivity contribution in [2.24, 2.45) is 0 Å². The van der Waals surface area contributed by atoms with Crippen LogP contribution in [0.5, 0.6) is 0 Å². The third-order valence-electron chi connectivity index (χ3n) is 4.75. The fourth-order valence-electron chi connectivity index (χ4n) is 3.30. The third-order valence-corrected chi connectivity index (χ3v) is 4.75. The van der Waals surface area contributed by atoms with Gasteiger partial charge in [-0.15, -0.1) is 0 Å². The molecule has 1 aliphatic heterocycles. The number of halogens is 1. The molecule has 4 nitrogen and oxygen atoms in total. The minimum atomic E-state index is -0.500. The van der Waals surface area contributed by atoms with Crippen molar-refractivity contribution in [2.45, 2.75) is 38.5 Å². The highest BCUT2D eigenvalue weighted by atomic mass is 19.1. The van der Waals surface area contributed by atoms with E-state index in [1.54, 1.807) is 12.1 Å². The molecule has 1 N–H and O–H groups in total. The Morgan fingerprint density at radius 1 is 1.19 bits per heavy atom. The second-order valence-corrected chi connectivity index (χ2v) is 7.29. The molecule has 0 bridgehead atoms. The molecule has 1 heterocycles. The summed E-state index contributed by atoms with van der Waals surface area (Å²) in [4.78, 5) is 25.6. The lowest BCUT2D eigenvalue weighted by molar-refractivity contribution is -0.118. The summed E-state index contributed by atoms with van der Waals surface area (Å²) in [6, 6.07) is 14.3. The molecule has 2 aromatic rings. The van der Waals surface area contributed by atoms with E-state index in [1.165, 1.54) is 11.0 Å². The zero-order chi connectivity index (χ0) is 18.7. The predicted molar refractivity (Wildman–Crippen MR) is 101 cm³/mol. The molecule has 5 heteroatoms. The van der Waals surface area contributed by atoms with Crippen molar-refractivity contribution in [2.75, 3.05) is 16.8 Å². The maximum Gasteiger partial charge on any atom is 0.227 e. The van der Waals surface area contributed by atoms with Gasteiger partial charge in [0, 0.05) is 25.1 Å². The number of nitrogens with one attached hydrogen (secondary N) is 1. The Bertz CT molecular complexity index is 818. The number of amides is 2. The standard InChI is InChI=1S/C21H23FN2O2/c1-21(2,15-7-4-3-5-8-15)14-19(25)23-16-10-11-18(17(22)13-16)24-12-6-9-20(24)26/h3-5,7-8,10-11,13H,6,9,12,14H2,1-2H3,(H,23,25). The Labute approximate surface area is 153 Å². The van der Waals surface area contributed by atoms with Gasteiger partial charge in [-0.25, -0.2) is 4.39 Å². The van der Waals surface area contributed by atoms with Crippen molar-refractivity contribution >= 4 is 23.2 Å². The van der Waals surface area contributed by atoms with Crippen molar-refractivity contribution in [1.82, 2.24) is 0 Å². The molecule has 0 atom stereocenters. The number of hydrogen-bond acceptors (Lipinski definition) is 2. The van der Waals surface area contributed by atoms with E-state index in [0.29, 0.717) is 18.7 Å². The molecule has 2 amide bonds. The van der Waals surface area contributed by atoms with Crippen LogP contribution in [-0.2, 0) is 15.0 Å². The second-order valence-electron chi connectivity index (χ2n) is 7.29. The van der Waals surface area contributed by atoms with Crippen molar-refractivity contribution < 1.29 is 14.0 Å². The largest absolute Gasteiger partial charge is 0.326 e. The molecule has 3 rings (SSSR count). The minimum Gasteiger partial charge on any atom is -0.326 e. The summed E-state index contributed by atoms with van der Waals surface area (Å²) in [5, 5.41) is 2.76. The Hall–Kier alpha value is -2.69. The monoisotopic (exact) mass is 354 g/mol. The summed E-state index contributed by atoms with van der Waals surface area (Å²) >= 11 is 0. The smallest absolute Gasteiger partial charge is 0.227 e. The van der Waals surface area contributed by atoms with E-state index in [4.69, 9.17) is 0 Å². The molecule has 0 aliphatic carbocycles. The molecule has 2 aromatic carbocycles. The molecule has 0 radical (unpaired) electrons. The molecule has 0 unspecified atom stereocenters. The number of benzene rings is 2. The molecule has 0 saturated carbocycles. The highest BCUT2D eigenvalue weighted by Crippen LogP contribution is 2.29. The fourth-order valence-corrected chi connectivity index (χ4v) is 3.30. The van der Waals surface area contributed by atoms with Crippen LogP contribution in [0.15, 0.2) is 48.5 Å². The van der Waals surface area contributed by atoms with Crippen molar-refractivity contribution in [3.63, 3.8) is 0 Å². The van der Waals surface area contributed by atoms with Gasteiger partial charge in [-0.05, 0) is 35.6 Å². The van der Waals surface area contributed by atoms with E-state index in [-0.39, 0.29) is 29.3 Å². The first-order chi connectivity index (χ1) is 12.4. The minimum absolute atomic E-state index is 0.0645. The first kappa shape index (κ1) is 18.1. The Kier molecular flexibility index (Phi) is 5.07. The molecule has 0 aromatic heterocycles. The summed E-state index contributed by atoms with van der Waals surface area (Å²) in [5.41, 5.74) is 1.41. The van der Waals surface area contributed by atoms with Gasteiger partial charge in [-0.1, -0.05) is 44.2 Å². The van der Waals surface area contributed by atoms with Gasteiger partial charge in [0.2, 0.25) is 11.8 Å². The van der Waals surface area contributed by atoms with Gasteiger partial charge in [0.1, 0.15) is 5.82 Å². The first-order valence-corrected chi connectivity index (χ1v) is 8.82. The predicted octanol–water partition coefficient (Wildman–Crippen LogP) is 4.26. The number of nitrogens with zero attached hydrogens (tertiary/aromatic N) is 1. The quantitative estimate of drug-likeness (QED) is 0.872. The maximum absolute atomic E-state index is 14.4. The van der Waals surface area contributed by atoms with Crippen LogP contribution in [0.4, 0.5) is 15.8 Å². The zero-order valence-electron chi connectivity index (χ0n) is 15.1.